The lowest BCUT2D eigenvalue weighted by Gasteiger charge is -2.19. The summed E-state index contributed by atoms with van der Waals surface area (Å²) < 4.78 is 34.1. The third-order valence-electron chi connectivity index (χ3n) is 6.66. The highest BCUT2D eigenvalue weighted by Gasteiger charge is 2.27. The number of carbonyl (C=O) groups excluding carboxylic acids is 1. The van der Waals surface area contributed by atoms with Gasteiger partial charge in [-0.15, -0.1) is 0 Å². The van der Waals surface area contributed by atoms with Crippen molar-refractivity contribution in [2.45, 2.75) is 53.1 Å². The highest BCUT2D eigenvalue weighted by molar-refractivity contribution is 6.14. The Kier molecular flexibility index (Phi) is 9.29. The summed E-state index contributed by atoms with van der Waals surface area (Å²) >= 11 is 0. The van der Waals surface area contributed by atoms with Crippen LogP contribution in [0.15, 0.2) is 35.4 Å². The van der Waals surface area contributed by atoms with E-state index in [2.05, 4.69) is 31.2 Å². The molecule has 2 aromatic rings. The predicted octanol–water partition coefficient (Wildman–Crippen LogP) is 5.69. The Morgan fingerprint density at radius 3 is 2.44 bits per heavy atom. The predicted molar refractivity (Wildman–Crippen MR) is 141 cm³/mol. The number of amides is 2. The van der Waals surface area contributed by atoms with E-state index in [1.807, 2.05) is 35.2 Å². The Hall–Kier alpha value is -3.16. The number of hydrogen-bond acceptors (Lipinski definition) is 4. The first-order valence-corrected chi connectivity index (χ1v) is 12.6. The third kappa shape index (κ3) is 6.15. The van der Waals surface area contributed by atoms with Gasteiger partial charge in [-0.05, 0) is 49.4 Å². The van der Waals surface area contributed by atoms with Gasteiger partial charge in [0.1, 0.15) is 6.17 Å². The highest BCUT2D eigenvalue weighted by Crippen LogP contribution is 2.32. The molecule has 0 aliphatic carbocycles. The number of fused-ring (bicyclic) bond motifs is 1. The zero-order chi connectivity index (χ0) is 26.4. The monoisotopic (exact) mass is 500 g/mol. The van der Waals surface area contributed by atoms with Crippen LogP contribution in [0, 0.1) is 18.7 Å². The van der Waals surface area contributed by atoms with E-state index >= 15 is 4.39 Å². The second-order valence-corrected chi connectivity index (χ2v) is 9.62. The number of carbonyl (C=O) groups is 1. The summed E-state index contributed by atoms with van der Waals surface area (Å²) in [5, 5.41) is 8.49. The molecule has 0 radical (unpaired) electrons. The van der Waals surface area contributed by atoms with Crippen LogP contribution in [0.4, 0.5) is 19.3 Å². The quantitative estimate of drug-likeness (QED) is 0.587. The van der Waals surface area contributed by atoms with Crippen LogP contribution < -0.4 is 15.0 Å². The molecule has 1 fully saturated rings. The van der Waals surface area contributed by atoms with Gasteiger partial charge in [-0.3, -0.25) is 0 Å². The molecule has 196 valence electrons. The molecule has 36 heavy (non-hydrogen) atoms. The van der Waals surface area contributed by atoms with Gasteiger partial charge in [0.15, 0.2) is 11.6 Å². The minimum absolute atomic E-state index is 0.205. The molecule has 0 bridgehead atoms. The van der Waals surface area contributed by atoms with Crippen LogP contribution in [0.3, 0.4) is 0 Å². The van der Waals surface area contributed by atoms with E-state index in [0.717, 1.165) is 17.2 Å². The van der Waals surface area contributed by atoms with Crippen molar-refractivity contribution in [3.8, 4) is 5.75 Å². The van der Waals surface area contributed by atoms with Crippen molar-refractivity contribution in [1.82, 2.24) is 10.3 Å². The summed E-state index contributed by atoms with van der Waals surface area (Å²) in [4.78, 5) is 14.3. The van der Waals surface area contributed by atoms with Crippen molar-refractivity contribution in [3.05, 3.63) is 58.4 Å². The van der Waals surface area contributed by atoms with E-state index in [-0.39, 0.29) is 18.3 Å². The molecule has 2 aliphatic heterocycles. The average molecular weight is 501 g/mol. The Morgan fingerprint density at radius 1 is 1.25 bits per heavy atom. The van der Waals surface area contributed by atoms with Gasteiger partial charge in [0.25, 0.3) is 0 Å². The molecule has 0 spiro atoms. The van der Waals surface area contributed by atoms with E-state index in [4.69, 9.17) is 4.74 Å². The molecule has 1 saturated heterocycles. The molecular formula is C28H38F2N4O2. The van der Waals surface area contributed by atoms with E-state index in [9.17, 15) is 9.18 Å². The Labute approximate surface area is 213 Å². The molecular weight excluding hydrogens is 462 g/mol. The third-order valence-corrected chi connectivity index (χ3v) is 6.66. The zero-order valence-corrected chi connectivity index (χ0v) is 22.2. The number of alkyl halides is 1. The standard InChI is InChI=1S/C23H26F2N4O2.C5H12/c1-14-12-19-18(20(25)22(14)31-3)9-11-29(23(30)26-2)27-21(19)15-4-6-17(7-5-15)28-10-8-16(24)13-28;1-4-5(2)3/h4-7,12,16H,8-11,13H2,1-3H3,(H,26,30);5H,4H2,1-3H3. The number of rotatable bonds is 4. The van der Waals surface area contributed by atoms with Crippen LogP contribution in [0.2, 0.25) is 0 Å². The van der Waals surface area contributed by atoms with Gasteiger partial charge in [-0.25, -0.2) is 18.6 Å². The van der Waals surface area contributed by atoms with Crippen molar-refractivity contribution < 1.29 is 18.3 Å². The van der Waals surface area contributed by atoms with Crippen LogP contribution >= 0.6 is 0 Å². The SMILES string of the molecule is CCC(C)C.CNC(=O)N1CCc2c(cc(C)c(OC)c2F)C(c2ccc(N3CCC(F)C3)cc2)=N1. The van der Waals surface area contributed by atoms with Gasteiger partial charge in [-0.2, -0.15) is 5.10 Å². The highest BCUT2D eigenvalue weighted by atomic mass is 19.1. The average Bonchev–Trinajstić information content (AvgIpc) is 3.22. The number of aryl methyl sites for hydroxylation is 1. The first-order valence-electron chi connectivity index (χ1n) is 12.6. The molecule has 8 heteroatoms. The lowest BCUT2D eigenvalue weighted by Crippen LogP contribution is -2.35. The van der Waals surface area contributed by atoms with Crippen molar-refractivity contribution in [2.24, 2.45) is 11.0 Å². The van der Waals surface area contributed by atoms with Gasteiger partial charge in [0.2, 0.25) is 0 Å². The van der Waals surface area contributed by atoms with Crippen LogP contribution in [0.1, 0.15) is 55.9 Å². The maximum absolute atomic E-state index is 15.3. The molecule has 2 aromatic carbocycles. The number of anilines is 1. The van der Waals surface area contributed by atoms with Gasteiger partial charge in [0.05, 0.1) is 19.4 Å². The zero-order valence-electron chi connectivity index (χ0n) is 22.2. The maximum atomic E-state index is 15.3. The lowest BCUT2D eigenvalue weighted by atomic mass is 9.93. The molecule has 0 saturated carbocycles. The Balaban J connectivity index is 0.000000658. The van der Waals surface area contributed by atoms with E-state index in [1.165, 1.54) is 25.6 Å². The first kappa shape index (κ1) is 27.4. The number of nitrogens with zero attached hydrogens (tertiary/aromatic N) is 3. The number of hydrazone groups is 1. The number of methoxy groups -OCH3 is 1. The fraction of sp³-hybridized carbons (Fsp3) is 0.500. The minimum Gasteiger partial charge on any atom is -0.493 e. The number of hydrogen-bond donors (Lipinski definition) is 1. The van der Waals surface area contributed by atoms with E-state index < -0.39 is 12.0 Å². The van der Waals surface area contributed by atoms with Gasteiger partial charge in [0, 0.05) is 42.5 Å². The van der Waals surface area contributed by atoms with Crippen LogP contribution in [-0.2, 0) is 6.42 Å². The number of ether oxygens (including phenoxy) is 1. The minimum atomic E-state index is -0.806. The normalized spacial score (nSPS) is 17.1. The van der Waals surface area contributed by atoms with Crippen molar-refractivity contribution in [1.29, 1.82) is 0 Å². The van der Waals surface area contributed by atoms with Crippen LogP contribution in [0.25, 0.3) is 0 Å². The molecule has 2 amide bonds. The fourth-order valence-corrected chi connectivity index (χ4v) is 4.22. The number of halogens is 2. The van der Waals surface area contributed by atoms with Crippen LogP contribution in [0.5, 0.6) is 5.75 Å². The number of benzene rings is 2. The van der Waals surface area contributed by atoms with Crippen molar-refractivity contribution >= 4 is 17.4 Å². The number of urea groups is 1. The largest absolute Gasteiger partial charge is 0.493 e. The maximum Gasteiger partial charge on any atom is 0.337 e. The Bertz CT molecular complexity index is 1090. The van der Waals surface area contributed by atoms with E-state index in [1.54, 1.807) is 6.92 Å². The van der Waals surface area contributed by atoms with Crippen molar-refractivity contribution in [3.63, 3.8) is 0 Å². The van der Waals surface area contributed by atoms with Gasteiger partial charge >= 0.3 is 6.03 Å². The summed E-state index contributed by atoms with van der Waals surface area (Å²) in [6.07, 6.45) is 1.34. The van der Waals surface area contributed by atoms with Crippen molar-refractivity contribution in [2.75, 3.05) is 38.7 Å². The first-order chi connectivity index (χ1) is 17.2. The fourth-order valence-electron chi connectivity index (χ4n) is 4.22. The molecule has 4 rings (SSSR count). The molecule has 1 unspecified atom stereocenters. The summed E-state index contributed by atoms with van der Waals surface area (Å²) in [5.74, 6) is 0.665. The van der Waals surface area contributed by atoms with Gasteiger partial charge in [-0.1, -0.05) is 39.3 Å². The van der Waals surface area contributed by atoms with E-state index in [0.29, 0.717) is 48.3 Å². The van der Waals surface area contributed by atoms with Gasteiger partial charge < -0.3 is 15.0 Å². The molecule has 1 N–H and O–H groups in total. The summed E-state index contributed by atoms with van der Waals surface area (Å²) in [7, 11) is 2.98. The molecule has 0 aromatic heterocycles. The topological polar surface area (TPSA) is 57.2 Å². The Morgan fingerprint density at radius 2 is 1.92 bits per heavy atom. The second kappa shape index (κ2) is 12.2. The summed E-state index contributed by atoms with van der Waals surface area (Å²) in [6.45, 7) is 9.73. The molecule has 6 nitrogen and oxygen atoms in total. The summed E-state index contributed by atoms with van der Waals surface area (Å²) in [5.41, 5.74) is 3.95. The molecule has 1 atom stereocenters. The second-order valence-electron chi connectivity index (χ2n) is 9.62. The summed E-state index contributed by atoms with van der Waals surface area (Å²) in [6, 6.07) is 9.08. The molecule has 2 heterocycles. The van der Waals surface area contributed by atoms with Crippen LogP contribution in [-0.4, -0.2) is 56.7 Å². The molecule has 2 aliphatic rings. The lowest BCUT2D eigenvalue weighted by molar-refractivity contribution is 0.203. The smallest absolute Gasteiger partial charge is 0.337 e. The number of nitrogens with one attached hydrogen (secondary N) is 1.